The lowest BCUT2D eigenvalue weighted by Gasteiger charge is -2.20. The lowest BCUT2D eigenvalue weighted by Crippen LogP contribution is -2.48. The molecule has 5 nitrogen and oxygen atoms in total. The fraction of sp³-hybridized carbons (Fsp3) is 0.818. The van der Waals surface area contributed by atoms with Crippen LogP contribution in [0, 0.1) is 11.8 Å². The maximum atomic E-state index is 11.7. The van der Waals surface area contributed by atoms with Crippen molar-refractivity contribution in [2.75, 3.05) is 20.2 Å². The minimum Gasteiger partial charge on any atom is -0.464 e. The summed E-state index contributed by atoms with van der Waals surface area (Å²) in [4.78, 5) is 24.5. The second-order valence-electron chi connectivity index (χ2n) is 4.42. The van der Waals surface area contributed by atoms with Crippen molar-refractivity contribution in [1.82, 2.24) is 4.90 Å². The van der Waals surface area contributed by atoms with Gasteiger partial charge in [0.15, 0.2) is 6.04 Å². The van der Waals surface area contributed by atoms with Gasteiger partial charge in [0.05, 0.1) is 6.61 Å². The Morgan fingerprint density at radius 2 is 2.12 bits per heavy atom. The van der Waals surface area contributed by atoms with Crippen LogP contribution in [0.15, 0.2) is 0 Å². The van der Waals surface area contributed by atoms with Crippen molar-refractivity contribution in [3.05, 3.63) is 0 Å². The molecule has 1 fully saturated rings. The standard InChI is InChI=1S/C11H20N2O3/c1-4-16-11(15)9(12)10(14)13(3)6-8-5-7(8)2/h7-9H,4-6,12H2,1-3H3. The van der Waals surface area contributed by atoms with Crippen molar-refractivity contribution in [2.45, 2.75) is 26.3 Å². The molecule has 3 atom stereocenters. The largest absolute Gasteiger partial charge is 0.464 e. The Hall–Kier alpha value is -1.10. The zero-order chi connectivity index (χ0) is 12.3. The first-order valence-electron chi connectivity index (χ1n) is 5.64. The molecule has 1 amide bonds. The molecule has 1 saturated carbocycles. The van der Waals surface area contributed by atoms with Crippen LogP contribution in [-0.4, -0.2) is 43.0 Å². The Bertz CT molecular complexity index is 280. The Balaban J connectivity index is 2.39. The van der Waals surface area contributed by atoms with Crippen LogP contribution in [0.2, 0.25) is 0 Å². The van der Waals surface area contributed by atoms with Gasteiger partial charge in [-0.1, -0.05) is 6.92 Å². The van der Waals surface area contributed by atoms with Gasteiger partial charge < -0.3 is 15.4 Å². The van der Waals surface area contributed by atoms with Crippen LogP contribution in [0.4, 0.5) is 0 Å². The van der Waals surface area contributed by atoms with E-state index in [-0.39, 0.29) is 12.5 Å². The molecule has 0 spiro atoms. The van der Waals surface area contributed by atoms with Crippen LogP contribution >= 0.6 is 0 Å². The summed E-state index contributed by atoms with van der Waals surface area (Å²) >= 11 is 0. The summed E-state index contributed by atoms with van der Waals surface area (Å²) in [5.74, 6) is 0.221. The zero-order valence-corrected chi connectivity index (χ0v) is 10.1. The van der Waals surface area contributed by atoms with Gasteiger partial charge in [-0.25, -0.2) is 4.79 Å². The number of esters is 1. The second kappa shape index (κ2) is 5.30. The molecule has 0 bridgehead atoms. The molecular weight excluding hydrogens is 208 g/mol. The van der Waals surface area contributed by atoms with E-state index in [1.807, 2.05) is 0 Å². The molecule has 0 saturated heterocycles. The molecule has 3 unspecified atom stereocenters. The number of amides is 1. The number of carbonyl (C=O) groups excluding carboxylic acids is 2. The number of carbonyl (C=O) groups is 2. The van der Waals surface area contributed by atoms with Gasteiger partial charge in [0, 0.05) is 13.6 Å². The molecule has 1 aliphatic carbocycles. The molecule has 0 radical (unpaired) electrons. The third kappa shape index (κ3) is 3.20. The fourth-order valence-corrected chi connectivity index (χ4v) is 1.67. The molecule has 0 heterocycles. The number of ether oxygens (including phenoxy) is 1. The molecule has 0 aromatic rings. The van der Waals surface area contributed by atoms with E-state index in [0.717, 1.165) is 6.42 Å². The van der Waals surface area contributed by atoms with E-state index >= 15 is 0 Å². The van der Waals surface area contributed by atoms with Crippen molar-refractivity contribution in [3.8, 4) is 0 Å². The van der Waals surface area contributed by atoms with Crippen LogP contribution in [0.1, 0.15) is 20.3 Å². The van der Waals surface area contributed by atoms with Crippen molar-refractivity contribution in [2.24, 2.45) is 17.6 Å². The quantitative estimate of drug-likeness (QED) is 0.530. The Morgan fingerprint density at radius 3 is 2.56 bits per heavy atom. The lowest BCUT2D eigenvalue weighted by molar-refractivity contribution is -0.150. The smallest absolute Gasteiger partial charge is 0.332 e. The third-order valence-electron chi connectivity index (χ3n) is 2.97. The number of hydrogen-bond donors (Lipinski definition) is 1. The minimum atomic E-state index is -1.18. The van der Waals surface area contributed by atoms with Crippen LogP contribution < -0.4 is 5.73 Å². The van der Waals surface area contributed by atoms with Crippen LogP contribution in [0.5, 0.6) is 0 Å². The summed E-state index contributed by atoms with van der Waals surface area (Å²) in [6.45, 7) is 4.75. The average molecular weight is 228 g/mol. The molecule has 92 valence electrons. The van der Waals surface area contributed by atoms with Gasteiger partial charge in [-0.3, -0.25) is 4.79 Å². The highest BCUT2D eigenvalue weighted by Crippen LogP contribution is 2.37. The summed E-state index contributed by atoms with van der Waals surface area (Å²) in [7, 11) is 1.67. The molecule has 0 aromatic heterocycles. The van der Waals surface area contributed by atoms with E-state index in [2.05, 4.69) is 6.92 Å². The molecule has 1 rings (SSSR count). The molecular formula is C11H20N2O3. The molecule has 1 aliphatic rings. The highest BCUT2D eigenvalue weighted by atomic mass is 16.5. The number of rotatable bonds is 5. The predicted molar refractivity (Wildman–Crippen MR) is 59.5 cm³/mol. The third-order valence-corrected chi connectivity index (χ3v) is 2.97. The lowest BCUT2D eigenvalue weighted by atomic mass is 10.2. The Morgan fingerprint density at radius 1 is 1.56 bits per heavy atom. The summed E-state index contributed by atoms with van der Waals surface area (Å²) in [6.07, 6.45) is 1.15. The van der Waals surface area contributed by atoms with Gasteiger partial charge in [0.1, 0.15) is 0 Å². The van der Waals surface area contributed by atoms with Gasteiger partial charge in [-0.2, -0.15) is 0 Å². The molecule has 5 heteroatoms. The van der Waals surface area contributed by atoms with Crippen molar-refractivity contribution in [1.29, 1.82) is 0 Å². The van der Waals surface area contributed by atoms with Crippen LogP contribution in [0.3, 0.4) is 0 Å². The minimum absolute atomic E-state index is 0.239. The first kappa shape index (κ1) is 13.0. The zero-order valence-electron chi connectivity index (χ0n) is 10.1. The second-order valence-corrected chi connectivity index (χ2v) is 4.42. The summed E-state index contributed by atoms with van der Waals surface area (Å²) in [5.41, 5.74) is 5.51. The van der Waals surface area contributed by atoms with Crippen LogP contribution in [-0.2, 0) is 14.3 Å². The van der Waals surface area contributed by atoms with E-state index in [1.165, 1.54) is 4.90 Å². The van der Waals surface area contributed by atoms with E-state index in [0.29, 0.717) is 18.4 Å². The number of nitrogens with two attached hydrogens (primary N) is 1. The van der Waals surface area contributed by atoms with Crippen molar-refractivity contribution >= 4 is 11.9 Å². The molecule has 16 heavy (non-hydrogen) atoms. The number of likely N-dealkylation sites (N-methyl/N-ethyl adjacent to an activating group) is 1. The molecule has 0 aliphatic heterocycles. The van der Waals surface area contributed by atoms with Crippen molar-refractivity contribution in [3.63, 3.8) is 0 Å². The Labute approximate surface area is 95.9 Å². The predicted octanol–water partition coefficient (Wildman–Crippen LogP) is -0.00880. The van der Waals surface area contributed by atoms with E-state index in [4.69, 9.17) is 10.5 Å². The maximum Gasteiger partial charge on any atom is 0.332 e. The van der Waals surface area contributed by atoms with E-state index in [9.17, 15) is 9.59 Å². The monoisotopic (exact) mass is 228 g/mol. The molecule has 0 aromatic carbocycles. The summed E-state index contributed by atoms with van der Waals surface area (Å²) in [6, 6.07) is -1.18. The number of hydrogen-bond acceptors (Lipinski definition) is 4. The van der Waals surface area contributed by atoms with E-state index in [1.54, 1.807) is 14.0 Å². The fourth-order valence-electron chi connectivity index (χ4n) is 1.67. The van der Waals surface area contributed by atoms with Crippen LogP contribution in [0.25, 0.3) is 0 Å². The Kier molecular flexibility index (Phi) is 4.29. The number of nitrogens with zero attached hydrogens (tertiary/aromatic N) is 1. The van der Waals surface area contributed by atoms with Gasteiger partial charge in [-0.15, -0.1) is 0 Å². The summed E-state index contributed by atoms with van der Waals surface area (Å²) < 4.78 is 4.71. The topological polar surface area (TPSA) is 72.6 Å². The average Bonchev–Trinajstić information content (AvgIpc) is 2.92. The highest BCUT2D eigenvalue weighted by molar-refractivity contribution is 6.01. The first-order chi connectivity index (χ1) is 7.47. The molecule has 2 N–H and O–H groups in total. The highest BCUT2D eigenvalue weighted by Gasteiger charge is 2.36. The first-order valence-corrected chi connectivity index (χ1v) is 5.64. The van der Waals surface area contributed by atoms with Gasteiger partial charge >= 0.3 is 5.97 Å². The van der Waals surface area contributed by atoms with Gasteiger partial charge in [0.25, 0.3) is 5.91 Å². The summed E-state index contributed by atoms with van der Waals surface area (Å²) in [5, 5.41) is 0. The SMILES string of the molecule is CCOC(=O)C(N)C(=O)N(C)CC1CC1C. The maximum absolute atomic E-state index is 11.7. The van der Waals surface area contributed by atoms with E-state index < -0.39 is 12.0 Å². The van der Waals surface area contributed by atoms with Crippen molar-refractivity contribution < 1.29 is 14.3 Å². The normalized spacial score (nSPS) is 24.8. The van der Waals surface area contributed by atoms with Gasteiger partial charge in [0.2, 0.25) is 0 Å². The van der Waals surface area contributed by atoms with Gasteiger partial charge in [-0.05, 0) is 25.2 Å².